The number of carbonyl (C=O) groups is 2. The summed E-state index contributed by atoms with van der Waals surface area (Å²) in [5.74, 6) is -0.311. The number of hydrogen-bond donors (Lipinski definition) is 3. The van der Waals surface area contributed by atoms with Crippen molar-refractivity contribution in [2.24, 2.45) is 4.99 Å². The van der Waals surface area contributed by atoms with Gasteiger partial charge in [0.1, 0.15) is 24.0 Å². The third-order valence-electron chi connectivity index (χ3n) is 4.66. The average Bonchev–Trinajstić information content (AvgIpc) is 2.78. The Kier molecular flexibility index (Phi) is 10.9. The summed E-state index contributed by atoms with van der Waals surface area (Å²) in [6.07, 6.45) is 1.75. The van der Waals surface area contributed by atoms with E-state index >= 15 is 0 Å². The maximum atomic E-state index is 14.9. The van der Waals surface area contributed by atoms with Gasteiger partial charge in [-0.15, -0.1) is 0 Å². The molecule has 0 saturated carbocycles. The van der Waals surface area contributed by atoms with E-state index in [0.29, 0.717) is 35.6 Å². The molecule has 2 aromatic rings. The fourth-order valence-corrected chi connectivity index (χ4v) is 3.13. The van der Waals surface area contributed by atoms with Gasteiger partial charge < -0.3 is 25.4 Å². The van der Waals surface area contributed by atoms with E-state index in [9.17, 15) is 14.0 Å². The van der Waals surface area contributed by atoms with Crippen LogP contribution in [0.25, 0.3) is 12.4 Å². The summed E-state index contributed by atoms with van der Waals surface area (Å²) in [4.78, 5) is 28.1. The number of hydrogen-bond acceptors (Lipinski definition) is 6. The standard InChI is InChI=1S/C26H33FN4O4/c1-6-28-26(25-18(4)15-21(16-22(25)27)35-14-13-34-5)31-20-9-7-19(8-10-20)30-24(33)12-11-23(32)29-17(2)3/h6-10,15-17,31H,4,11-14H2,1-3,5H3,(H,29,32)(H,30,33)/b26-25-,28-6-. The third-order valence-corrected chi connectivity index (χ3v) is 4.66. The zero-order valence-electron chi connectivity index (χ0n) is 20.6. The van der Waals surface area contributed by atoms with Crippen LogP contribution >= 0.6 is 0 Å². The highest BCUT2D eigenvalue weighted by Crippen LogP contribution is 2.16. The summed E-state index contributed by atoms with van der Waals surface area (Å²) in [6, 6.07) is 9.83. The van der Waals surface area contributed by atoms with Crippen molar-refractivity contribution in [3.05, 3.63) is 52.7 Å². The highest BCUT2D eigenvalue weighted by molar-refractivity contribution is 5.93. The number of nitrogens with one attached hydrogen (secondary N) is 3. The van der Waals surface area contributed by atoms with E-state index in [4.69, 9.17) is 9.47 Å². The number of aliphatic imine (C=N–C) groups is 1. The van der Waals surface area contributed by atoms with Gasteiger partial charge in [0.25, 0.3) is 0 Å². The van der Waals surface area contributed by atoms with E-state index in [2.05, 4.69) is 27.5 Å². The Balaban J connectivity index is 2.13. The molecule has 0 bridgehead atoms. The van der Waals surface area contributed by atoms with Gasteiger partial charge in [-0.1, -0.05) is 6.58 Å². The van der Waals surface area contributed by atoms with Crippen molar-refractivity contribution in [2.75, 3.05) is 31.0 Å². The number of benzene rings is 2. The highest BCUT2D eigenvalue weighted by Gasteiger charge is 2.10. The van der Waals surface area contributed by atoms with Crippen molar-refractivity contribution in [1.29, 1.82) is 0 Å². The Labute approximate surface area is 204 Å². The van der Waals surface area contributed by atoms with Gasteiger partial charge in [-0.05, 0) is 56.3 Å². The second kappa shape index (κ2) is 13.9. The predicted molar refractivity (Wildman–Crippen MR) is 137 cm³/mol. The molecule has 0 radical (unpaired) electrons. The number of ether oxygens (including phenoxy) is 2. The quantitative estimate of drug-likeness (QED) is 0.318. The van der Waals surface area contributed by atoms with Crippen LogP contribution in [0.5, 0.6) is 5.75 Å². The van der Waals surface area contributed by atoms with Crippen LogP contribution in [0.2, 0.25) is 0 Å². The Morgan fingerprint density at radius 2 is 1.69 bits per heavy atom. The van der Waals surface area contributed by atoms with Crippen LogP contribution in [0.15, 0.2) is 41.4 Å². The van der Waals surface area contributed by atoms with E-state index < -0.39 is 5.82 Å². The largest absolute Gasteiger partial charge is 0.491 e. The van der Waals surface area contributed by atoms with E-state index in [1.54, 1.807) is 50.6 Å². The number of nitrogens with zero attached hydrogens (tertiary/aromatic N) is 1. The van der Waals surface area contributed by atoms with Crippen LogP contribution in [0, 0.1) is 5.82 Å². The molecule has 0 aliphatic rings. The van der Waals surface area contributed by atoms with Crippen LogP contribution in [-0.4, -0.2) is 44.4 Å². The molecular formula is C26H33FN4O4. The van der Waals surface area contributed by atoms with E-state index in [0.717, 1.165) is 0 Å². The number of amides is 2. The number of halogens is 1. The van der Waals surface area contributed by atoms with Gasteiger partial charge in [-0.2, -0.15) is 0 Å². The van der Waals surface area contributed by atoms with Gasteiger partial charge in [0.05, 0.1) is 11.8 Å². The number of rotatable bonds is 12. The Morgan fingerprint density at radius 3 is 2.26 bits per heavy atom. The topological polar surface area (TPSA) is 101 Å². The molecule has 0 saturated heterocycles. The normalized spacial score (nSPS) is 11.9. The molecule has 8 nitrogen and oxygen atoms in total. The van der Waals surface area contributed by atoms with Crippen molar-refractivity contribution < 1.29 is 23.5 Å². The molecule has 2 rings (SSSR count). The molecule has 35 heavy (non-hydrogen) atoms. The van der Waals surface area contributed by atoms with Crippen molar-refractivity contribution in [1.82, 2.24) is 5.32 Å². The third kappa shape index (κ3) is 9.21. The zero-order valence-corrected chi connectivity index (χ0v) is 20.6. The lowest BCUT2D eigenvalue weighted by molar-refractivity contribution is -0.124. The maximum absolute atomic E-state index is 14.9. The second-order valence-electron chi connectivity index (χ2n) is 7.99. The Bertz CT molecular complexity index is 1150. The first-order valence-corrected chi connectivity index (χ1v) is 11.3. The SMILES string of the molecule is C=c1cc(OCCOC)cc(F)/c1=C(/N=C\C)Nc1ccc(NC(=O)CCC(=O)NC(C)C)cc1. The number of carbonyl (C=O) groups excluding carboxylic acids is 2. The first-order chi connectivity index (χ1) is 16.7. The van der Waals surface area contributed by atoms with Crippen LogP contribution in [0.4, 0.5) is 15.8 Å². The van der Waals surface area contributed by atoms with Gasteiger partial charge in [0.15, 0.2) is 0 Å². The Morgan fingerprint density at radius 1 is 1.06 bits per heavy atom. The van der Waals surface area contributed by atoms with E-state index in [1.807, 2.05) is 13.8 Å². The van der Waals surface area contributed by atoms with Gasteiger partial charge in [0, 0.05) is 49.6 Å². The zero-order chi connectivity index (χ0) is 25.8. The molecule has 0 unspecified atom stereocenters. The van der Waals surface area contributed by atoms with Gasteiger partial charge in [-0.25, -0.2) is 9.38 Å². The highest BCUT2D eigenvalue weighted by atomic mass is 19.1. The maximum Gasteiger partial charge on any atom is 0.224 e. The van der Waals surface area contributed by atoms with Gasteiger partial charge >= 0.3 is 0 Å². The summed E-state index contributed by atoms with van der Waals surface area (Å²) in [5, 5.41) is 9.24. The summed E-state index contributed by atoms with van der Waals surface area (Å²) >= 11 is 0. The summed E-state index contributed by atoms with van der Waals surface area (Å²) in [7, 11) is 1.56. The predicted octanol–water partition coefficient (Wildman–Crippen LogP) is 2.77. The Hall–Kier alpha value is -3.72. The lowest BCUT2D eigenvalue weighted by atomic mass is 10.2. The monoisotopic (exact) mass is 484 g/mol. The first kappa shape index (κ1) is 27.5. The minimum atomic E-state index is -0.525. The van der Waals surface area contributed by atoms with E-state index in [1.165, 1.54) is 6.07 Å². The van der Waals surface area contributed by atoms with Crippen molar-refractivity contribution in [3.63, 3.8) is 0 Å². The molecule has 0 fully saturated rings. The minimum Gasteiger partial charge on any atom is -0.491 e. The number of anilines is 2. The molecule has 2 amide bonds. The fourth-order valence-electron chi connectivity index (χ4n) is 3.13. The van der Waals surface area contributed by atoms with E-state index in [-0.39, 0.29) is 41.7 Å². The van der Waals surface area contributed by atoms with Crippen molar-refractivity contribution in [3.8, 4) is 5.75 Å². The molecular weight excluding hydrogens is 451 g/mol. The molecule has 0 aliphatic carbocycles. The molecule has 188 valence electrons. The smallest absolute Gasteiger partial charge is 0.224 e. The summed E-state index contributed by atoms with van der Waals surface area (Å²) in [5.41, 5.74) is 1.21. The molecule has 0 spiro atoms. The molecule has 2 aromatic carbocycles. The lowest BCUT2D eigenvalue weighted by Crippen LogP contribution is -2.31. The lowest BCUT2D eigenvalue weighted by Gasteiger charge is -2.11. The molecule has 9 heteroatoms. The molecule has 0 aromatic heterocycles. The molecule has 0 aliphatic heterocycles. The van der Waals surface area contributed by atoms with Crippen LogP contribution < -0.4 is 31.1 Å². The first-order valence-electron chi connectivity index (χ1n) is 11.3. The van der Waals surface area contributed by atoms with Crippen LogP contribution in [0.3, 0.4) is 0 Å². The molecule has 0 heterocycles. The second-order valence-corrected chi connectivity index (χ2v) is 7.99. The summed E-state index contributed by atoms with van der Waals surface area (Å²) in [6.45, 7) is 10.1. The van der Waals surface area contributed by atoms with Crippen LogP contribution in [0.1, 0.15) is 33.6 Å². The molecule has 0 atom stereocenters. The minimum absolute atomic E-state index is 0.0320. The van der Waals surface area contributed by atoms with Gasteiger partial charge in [-0.3, -0.25) is 9.59 Å². The van der Waals surface area contributed by atoms with Gasteiger partial charge in [0.2, 0.25) is 11.8 Å². The van der Waals surface area contributed by atoms with Crippen LogP contribution in [-0.2, 0) is 14.3 Å². The van der Waals surface area contributed by atoms with Crippen molar-refractivity contribution in [2.45, 2.75) is 39.7 Å². The molecule has 3 N–H and O–H groups in total. The summed E-state index contributed by atoms with van der Waals surface area (Å²) < 4.78 is 25.4. The average molecular weight is 485 g/mol. The van der Waals surface area contributed by atoms with Crippen molar-refractivity contribution >= 4 is 41.8 Å². The fraction of sp³-hybridized carbons (Fsp3) is 0.346. The number of methoxy groups -OCH3 is 1.